The predicted octanol–water partition coefficient (Wildman–Crippen LogP) is 2.26. The summed E-state index contributed by atoms with van der Waals surface area (Å²) in [7, 11) is 4.07. The molecule has 2 aliphatic rings. The maximum Gasteiger partial charge on any atom is 0.414 e. The summed E-state index contributed by atoms with van der Waals surface area (Å²) in [6.45, 7) is 12.8. The van der Waals surface area contributed by atoms with Gasteiger partial charge in [-0.3, -0.25) is 0 Å². The summed E-state index contributed by atoms with van der Waals surface area (Å²) in [5.41, 5.74) is 0. The highest BCUT2D eigenvalue weighted by Gasteiger charge is 2.10. The van der Waals surface area contributed by atoms with E-state index in [-0.39, 0.29) is 0 Å². The standard InChI is InChI=1S/C26H54N4S2.4C2H2O4/c1(3-9-19-29-21-11-5-12-22-29)7-15-27-17-25-31-32-26-18-28-16-8-2-4-10-20-30-23-13-6-14-24-30;4*3-1(4)2(5)6/h27-28H,1-26H2;4*(H,3,4)(H,5,6). The fraction of sp³-hybridized carbons (Fsp3) is 0.765. The SMILES string of the molecule is C(CCCN1CCCCC1)CCNCCSSCCNCCCCCCN1CCCCC1.O=C(O)C(=O)O.O=C(O)C(=O)O.O=C(O)C(=O)O.O=C(O)C(=O)O. The Balaban J connectivity index is -0.000000941. The number of unbranched alkanes of at least 4 members (excludes halogenated alkanes) is 6. The first-order chi connectivity index (χ1) is 26.5. The molecule has 0 amide bonds. The summed E-state index contributed by atoms with van der Waals surface area (Å²) in [6.07, 6.45) is 19.7. The van der Waals surface area contributed by atoms with Crippen molar-refractivity contribution in [2.24, 2.45) is 0 Å². The van der Waals surface area contributed by atoms with Crippen molar-refractivity contribution in [1.29, 1.82) is 0 Å². The molecule has 2 fully saturated rings. The van der Waals surface area contributed by atoms with Gasteiger partial charge in [0.2, 0.25) is 0 Å². The van der Waals surface area contributed by atoms with Crippen LogP contribution in [0.3, 0.4) is 0 Å². The smallest absolute Gasteiger partial charge is 0.414 e. The Morgan fingerprint density at radius 1 is 0.357 bits per heavy atom. The van der Waals surface area contributed by atoms with Crippen LogP contribution >= 0.6 is 21.6 Å². The van der Waals surface area contributed by atoms with Gasteiger partial charge in [0, 0.05) is 24.6 Å². The fourth-order valence-electron chi connectivity index (χ4n) is 4.84. The molecule has 2 rings (SSSR count). The number of carboxylic acid groups (broad SMARTS) is 8. The lowest BCUT2D eigenvalue weighted by atomic mass is 10.1. The summed E-state index contributed by atoms with van der Waals surface area (Å²) in [5, 5.41) is 66.4. The zero-order valence-corrected chi connectivity index (χ0v) is 33.6. The number of nitrogens with one attached hydrogen (secondary N) is 2. The van der Waals surface area contributed by atoms with E-state index in [9.17, 15) is 0 Å². The maximum absolute atomic E-state index is 9.10. The van der Waals surface area contributed by atoms with Crippen molar-refractivity contribution in [3.05, 3.63) is 0 Å². The van der Waals surface area contributed by atoms with E-state index in [1.807, 2.05) is 21.6 Å². The Kier molecular flexibility index (Phi) is 41.4. The van der Waals surface area contributed by atoms with Gasteiger partial charge < -0.3 is 61.3 Å². The third-order valence-corrected chi connectivity index (χ3v) is 10.0. The molecule has 0 aromatic rings. The molecule has 0 aromatic heterocycles. The number of aliphatic carboxylic acids is 8. The van der Waals surface area contributed by atoms with Gasteiger partial charge in [-0.05, 0) is 104 Å². The lowest BCUT2D eigenvalue weighted by Gasteiger charge is -2.26. The number of piperidine rings is 2. The third kappa shape index (κ3) is 46.5. The molecule has 20 nitrogen and oxygen atoms in total. The van der Waals surface area contributed by atoms with Crippen LogP contribution in [0.4, 0.5) is 0 Å². The predicted molar refractivity (Wildman–Crippen MR) is 209 cm³/mol. The fourth-order valence-corrected chi connectivity index (χ4v) is 6.74. The lowest BCUT2D eigenvalue weighted by molar-refractivity contribution is -0.159. The van der Waals surface area contributed by atoms with Crippen LogP contribution in [0, 0.1) is 0 Å². The van der Waals surface area contributed by atoms with E-state index in [0.717, 1.165) is 13.1 Å². The van der Waals surface area contributed by atoms with Crippen LogP contribution in [0.5, 0.6) is 0 Å². The highest BCUT2D eigenvalue weighted by atomic mass is 33.1. The third-order valence-electron chi connectivity index (χ3n) is 7.59. The van der Waals surface area contributed by atoms with E-state index >= 15 is 0 Å². The summed E-state index contributed by atoms with van der Waals surface area (Å²) in [5.74, 6) is -12.1. The van der Waals surface area contributed by atoms with E-state index in [1.54, 1.807) is 0 Å². The minimum absolute atomic E-state index is 1.16. The summed E-state index contributed by atoms with van der Waals surface area (Å²) in [4.78, 5) is 78.1. The van der Waals surface area contributed by atoms with Crippen LogP contribution < -0.4 is 10.6 Å². The average Bonchev–Trinajstić information content (AvgIpc) is 3.15. The van der Waals surface area contributed by atoms with Crippen molar-refractivity contribution in [3.63, 3.8) is 0 Å². The maximum atomic E-state index is 9.10. The van der Waals surface area contributed by atoms with Crippen molar-refractivity contribution in [2.75, 3.05) is 77.0 Å². The van der Waals surface area contributed by atoms with E-state index in [2.05, 4.69) is 20.4 Å². The molecular formula is C34H62N4O16S2. The second-order valence-electron chi connectivity index (χ2n) is 12.2. The van der Waals surface area contributed by atoms with Crippen LogP contribution in [0.25, 0.3) is 0 Å². The van der Waals surface area contributed by atoms with E-state index in [1.165, 1.54) is 154 Å². The molecule has 2 saturated heterocycles. The number of rotatable bonds is 21. The van der Waals surface area contributed by atoms with Crippen LogP contribution in [0.2, 0.25) is 0 Å². The molecule has 10 N–H and O–H groups in total. The second kappa shape index (κ2) is 40.9. The van der Waals surface area contributed by atoms with E-state index < -0.39 is 47.8 Å². The average molecular weight is 847 g/mol. The molecular weight excluding hydrogens is 785 g/mol. The molecule has 22 heteroatoms. The van der Waals surface area contributed by atoms with Gasteiger partial charge in [0.1, 0.15) is 0 Å². The van der Waals surface area contributed by atoms with Crippen LogP contribution in [0.15, 0.2) is 0 Å². The summed E-state index contributed by atoms with van der Waals surface area (Å²) >= 11 is 0. The first-order valence-corrected chi connectivity index (χ1v) is 21.0. The van der Waals surface area contributed by atoms with Gasteiger partial charge in [0.25, 0.3) is 0 Å². The quantitative estimate of drug-likeness (QED) is 0.0450. The number of nitrogens with zero attached hydrogens (tertiary/aromatic N) is 2. The molecule has 0 bridgehead atoms. The Morgan fingerprint density at radius 3 is 0.857 bits per heavy atom. The largest absolute Gasteiger partial charge is 0.473 e. The molecule has 2 heterocycles. The van der Waals surface area contributed by atoms with Crippen LogP contribution in [-0.2, 0) is 38.4 Å². The molecule has 326 valence electrons. The van der Waals surface area contributed by atoms with Crippen molar-refractivity contribution in [1.82, 2.24) is 20.4 Å². The monoisotopic (exact) mass is 846 g/mol. The van der Waals surface area contributed by atoms with Crippen LogP contribution in [-0.4, -0.2) is 175 Å². The highest BCUT2D eigenvalue weighted by molar-refractivity contribution is 8.76. The zero-order valence-electron chi connectivity index (χ0n) is 31.9. The Labute approximate surface area is 335 Å². The first-order valence-electron chi connectivity index (χ1n) is 18.5. The molecule has 0 radical (unpaired) electrons. The Morgan fingerprint density at radius 2 is 0.607 bits per heavy atom. The van der Waals surface area contributed by atoms with E-state index in [0.29, 0.717) is 0 Å². The van der Waals surface area contributed by atoms with Gasteiger partial charge in [-0.1, -0.05) is 60.1 Å². The topological polar surface area (TPSA) is 329 Å². The van der Waals surface area contributed by atoms with Gasteiger partial charge in [0.05, 0.1) is 0 Å². The zero-order chi connectivity index (χ0) is 43.0. The minimum Gasteiger partial charge on any atom is -0.473 e. The molecule has 0 saturated carbocycles. The van der Waals surface area contributed by atoms with E-state index in [4.69, 9.17) is 79.2 Å². The molecule has 0 spiro atoms. The molecule has 0 unspecified atom stereocenters. The van der Waals surface area contributed by atoms with Gasteiger partial charge >= 0.3 is 47.8 Å². The number of carbonyl (C=O) groups is 8. The number of hydrogen-bond acceptors (Lipinski definition) is 14. The highest BCUT2D eigenvalue weighted by Crippen LogP contribution is 2.19. The number of carboxylic acids is 8. The van der Waals surface area contributed by atoms with Crippen molar-refractivity contribution < 1.29 is 79.2 Å². The first kappa shape index (κ1) is 56.6. The number of likely N-dealkylation sites (tertiary alicyclic amines) is 2. The molecule has 0 aliphatic carbocycles. The van der Waals surface area contributed by atoms with Crippen molar-refractivity contribution in [2.45, 2.75) is 89.9 Å². The summed E-state index contributed by atoms with van der Waals surface area (Å²) in [6, 6.07) is 0. The molecule has 56 heavy (non-hydrogen) atoms. The van der Waals surface area contributed by atoms with Gasteiger partial charge in [0.15, 0.2) is 0 Å². The van der Waals surface area contributed by atoms with Gasteiger partial charge in [-0.2, -0.15) is 0 Å². The van der Waals surface area contributed by atoms with Crippen molar-refractivity contribution in [3.8, 4) is 0 Å². The number of hydrogen-bond donors (Lipinski definition) is 10. The Hall–Kier alpha value is -3.70. The van der Waals surface area contributed by atoms with Crippen molar-refractivity contribution >= 4 is 69.3 Å². The van der Waals surface area contributed by atoms with Crippen LogP contribution in [0.1, 0.15) is 89.9 Å². The lowest BCUT2D eigenvalue weighted by Crippen LogP contribution is -2.30. The minimum atomic E-state index is -1.82. The normalized spacial score (nSPS) is 13.6. The van der Waals surface area contributed by atoms with Gasteiger partial charge in [-0.25, -0.2) is 38.4 Å². The summed E-state index contributed by atoms with van der Waals surface area (Å²) < 4.78 is 0. The molecule has 0 aromatic carbocycles. The van der Waals surface area contributed by atoms with Gasteiger partial charge in [-0.15, -0.1) is 0 Å². The molecule has 2 aliphatic heterocycles. The second-order valence-corrected chi connectivity index (χ2v) is 14.9. The Bertz CT molecular complexity index is 928. The molecule has 0 atom stereocenters.